The van der Waals surface area contributed by atoms with Crippen molar-refractivity contribution in [2.24, 2.45) is 0 Å². The third-order valence-electron chi connectivity index (χ3n) is 3.45. The fraction of sp³-hybridized carbons (Fsp3) is 0.312. The number of carbonyl (C=O) groups excluding carboxylic acids is 1. The minimum Gasteiger partial charge on any atom is -0.341 e. The molecular weight excluding hydrogens is 314 g/mol. The number of hydrogen-bond acceptors (Lipinski definition) is 3. The molecule has 0 aliphatic carbocycles. The van der Waals surface area contributed by atoms with Crippen LogP contribution >= 0.6 is 0 Å². The Kier molecular flexibility index (Phi) is 5.23. The molecule has 0 aliphatic heterocycles. The Labute approximate surface area is 136 Å². The van der Waals surface area contributed by atoms with Crippen LogP contribution < -0.4 is 4.72 Å². The summed E-state index contributed by atoms with van der Waals surface area (Å²) in [4.78, 5) is 12.3. The van der Waals surface area contributed by atoms with Crippen molar-refractivity contribution in [1.29, 1.82) is 0 Å². The van der Waals surface area contributed by atoms with E-state index in [2.05, 4.69) is 4.72 Å². The molecule has 2 aromatic rings. The van der Waals surface area contributed by atoms with Crippen molar-refractivity contribution in [2.45, 2.75) is 26.4 Å². The third kappa shape index (κ3) is 4.20. The van der Waals surface area contributed by atoms with Crippen LogP contribution in [0.4, 0.5) is 0 Å². The Balaban J connectivity index is 2.11. The summed E-state index contributed by atoms with van der Waals surface area (Å²) in [5, 5.41) is 0. The quantitative estimate of drug-likeness (QED) is 0.879. The lowest BCUT2D eigenvalue weighted by Crippen LogP contribution is -2.41. The van der Waals surface area contributed by atoms with Gasteiger partial charge in [-0.3, -0.25) is 4.79 Å². The number of hydrogen-bond donors (Lipinski definition) is 1. The zero-order valence-corrected chi connectivity index (χ0v) is 14.2. The lowest BCUT2D eigenvalue weighted by Gasteiger charge is -2.18. The Morgan fingerprint density at radius 2 is 1.83 bits per heavy atom. The van der Waals surface area contributed by atoms with Gasteiger partial charge in [0, 0.05) is 25.8 Å². The summed E-state index contributed by atoms with van der Waals surface area (Å²) in [7, 11) is -2.47. The summed E-state index contributed by atoms with van der Waals surface area (Å²) in [6, 6.07) is 12.6. The molecule has 0 radical (unpaired) electrons. The van der Waals surface area contributed by atoms with E-state index in [1.54, 1.807) is 22.9 Å². The molecule has 1 amide bonds. The van der Waals surface area contributed by atoms with E-state index in [1.807, 2.05) is 44.2 Å². The molecule has 0 atom stereocenters. The molecular formula is C16H21N3O3S. The highest BCUT2D eigenvalue weighted by Gasteiger charge is 2.23. The van der Waals surface area contributed by atoms with E-state index in [-0.39, 0.29) is 12.6 Å². The summed E-state index contributed by atoms with van der Waals surface area (Å²) in [6.45, 7) is 4.04. The van der Waals surface area contributed by atoms with Crippen molar-refractivity contribution in [3.63, 3.8) is 0 Å². The average Bonchev–Trinajstić information content (AvgIpc) is 2.97. The van der Waals surface area contributed by atoms with E-state index in [4.69, 9.17) is 0 Å². The zero-order valence-electron chi connectivity index (χ0n) is 13.4. The van der Waals surface area contributed by atoms with Crippen molar-refractivity contribution in [3.8, 4) is 0 Å². The fourth-order valence-corrected chi connectivity index (χ4v) is 3.02. The highest BCUT2D eigenvalue weighted by molar-refractivity contribution is 7.87. The van der Waals surface area contributed by atoms with Gasteiger partial charge in [0.05, 0.1) is 0 Å². The van der Waals surface area contributed by atoms with Crippen LogP contribution in [0.1, 0.15) is 35.9 Å². The first-order valence-electron chi connectivity index (χ1n) is 7.30. The Bertz CT molecular complexity index is 767. The Hall–Kier alpha value is -2.12. The third-order valence-corrected chi connectivity index (χ3v) is 4.84. The van der Waals surface area contributed by atoms with Gasteiger partial charge in [-0.05, 0) is 31.5 Å². The molecule has 0 aliphatic rings. The van der Waals surface area contributed by atoms with Crippen molar-refractivity contribution >= 4 is 16.1 Å². The van der Waals surface area contributed by atoms with Crippen LogP contribution in [0.25, 0.3) is 0 Å². The standard InChI is InChI=1S/C16H21N3O3S/c1-13(2)19-11-7-10-15(19)16(20)17-23(21,22)18(3)12-14-8-5-4-6-9-14/h4-11,13H,12H2,1-3H3,(H,17,20). The number of amides is 1. The van der Waals surface area contributed by atoms with Crippen molar-refractivity contribution in [3.05, 3.63) is 59.9 Å². The summed E-state index contributed by atoms with van der Waals surface area (Å²) in [5.74, 6) is -0.636. The molecule has 0 fully saturated rings. The van der Waals surface area contributed by atoms with E-state index < -0.39 is 16.1 Å². The zero-order chi connectivity index (χ0) is 17.0. The number of nitrogens with zero attached hydrogens (tertiary/aromatic N) is 2. The van der Waals surface area contributed by atoms with E-state index in [0.717, 1.165) is 9.87 Å². The van der Waals surface area contributed by atoms with Crippen LogP contribution in [0, 0.1) is 0 Å². The van der Waals surface area contributed by atoms with Crippen LogP contribution in [0.5, 0.6) is 0 Å². The fourth-order valence-electron chi connectivity index (χ4n) is 2.21. The molecule has 0 unspecified atom stereocenters. The van der Waals surface area contributed by atoms with Gasteiger partial charge in [0.1, 0.15) is 5.69 Å². The molecule has 7 heteroatoms. The van der Waals surface area contributed by atoms with Crippen LogP contribution in [0.2, 0.25) is 0 Å². The topological polar surface area (TPSA) is 71.4 Å². The Morgan fingerprint density at radius 3 is 2.43 bits per heavy atom. The van der Waals surface area contributed by atoms with Crippen LogP contribution in [0.15, 0.2) is 48.7 Å². The highest BCUT2D eigenvalue weighted by Crippen LogP contribution is 2.12. The lowest BCUT2D eigenvalue weighted by atomic mass is 10.2. The van der Waals surface area contributed by atoms with Gasteiger partial charge in [-0.1, -0.05) is 30.3 Å². The first kappa shape index (κ1) is 17.2. The lowest BCUT2D eigenvalue weighted by molar-refractivity contribution is 0.0969. The number of rotatable bonds is 6. The van der Waals surface area contributed by atoms with Crippen molar-refractivity contribution < 1.29 is 13.2 Å². The number of carbonyl (C=O) groups is 1. The van der Waals surface area contributed by atoms with Crippen molar-refractivity contribution in [2.75, 3.05) is 7.05 Å². The maximum atomic E-state index is 12.3. The molecule has 0 saturated carbocycles. The monoisotopic (exact) mass is 335 g/mol. The number of benzene rings is 1. The van der Waals surface area contributed by atoms with Gasteiger partial charge in [0.2, 0.25) is 0 Å². The molecule has 6 nitrogen and oxygen atoms in total. The van der Waals surface area contributed by atoms with Gasteiger partial charge < -0.3 is 4.57 Å². The number of aromatic nitrogens is 1. The predicted octanol–water partition coefficient (Wildman–Crippen LogP) is 2.18. The molecule has 1 aromatic heterocycles. The maximum absolute atomic E-state index is 12.3. The van der Waals surface area contributed by atoms with E-state index in [0.29, 0.717) is 5.69 Å². The van der Waals surface area contributed by atoms with E-state index >= 15 is 0 Å². The number of nitrogens with one attached hydrogen (secondary N) is 1. The first-order valence-corrected chi connectivity index (χ1v) is 8.74. The van der Waals surface area contributed by atoms with Crippen LogP contribution in [-0.2, 0) is 16.8 Å². The van der Waals surface area contributed by atoms with Gasteiger partial charge in [0.25, 0.3) is 5.91 Å². The second-order valence-electron chi connectivity index (χ2n) is 5.57. The molecule has 1 N–H and O–H groups in total. The maximum Gasteiger partial charge on any atom is 0.304 e. The normalized spacial score (nSPS) is 11.9. The van der Waals surface area contributed by atoms with Gasteiger partial charge >= 0.3 is 10.2 Å². The molecule has 2 rings (SSSR count). The van der Waals surface area contributed by atoms with Gasteiger partial charge in [-0.15, -0.1) is 0 Å². The molecule has 0 saturated heterocycles. The minimum atomic E-state index is -3.91. The largest absolute Gasteiger partial charge is 0.341 e. The highest BCUT2D eigenvalue weighted by atomic mass is 32.2. The second kappa shape index (κ2) is 6.97. The predicted molar refractivity (Wildman–Crippen MR) is 89.1 cm³/mol. The van der Waals surface area contributed by atoms with Gasteiger partial charge in [0.15, 0.2) is 0 Å². The first-order chi connectivity index (χ1) is 10.8. The van der Waals surface area contributed by atoms with E-state index in [1.165, 1.54) is 7.05 Å². The molecule has 0 bridgehead atoms. The summed E-state index contributed by atoms with van der Waals surface area (Å²) >= 11 is 0. The van der Waals surface area contributed by atoms with Crippen molar-refractivity contribution in [1.82, 2.24) is 13.6 Å². The minimum absolute atomic E-state index is 0.0653. The molecule has 1 aromatic carbocycles. The smallest absolute Gasteiger partial charge is 0.304 e. The summed E-state index contributed by atoms with van der Waals surface area (Å²) in [5.41, 5.74) is 1.16. The molecule has 23 heavy (non-hydrogen) atoms. The molecule has 1 heterocycles. The van der Waals surface area contributed by atoms with Gasteiger partial charge in [-0.25, -0.2) is 4.72 Å². The van der Waals surface area contributed by atoms with Gasteiger partial charge in [-0.2, -0.15) is 12.7 Å². The van der Waals surface area contributed by atoms with E-state index in [9.17, 15) is 13.2 Å². The second-order valence-corrected chi connectivity index (χ2v) is 7.35. The van der Waals surface area contributed by atoms with Crippen LogP contribution in [-0.4, -0.2) is 30.2 Å². The average molecular weight is 335 g/mol. The SMILES string of the molecule is CC(C)n1cccc1C(=O)NS(=O)(=O)N(C)Cc1ccccc1. The molecule has 0 spiro atoms. The Morgan fingerprint density at radius 1 is 1.17 bits per heavy atom. The summed E-state index contributed by atoms with van der Waals surface area (Å²) < 4.78 is 29.6. The molecule has 124 valence electrons. The van der Waals surface area contributed by atoms with Crippen LogP contribution in [0.3, 0.4) is 0 Å². The summed E-state index contributed by atoms with van der Waals surface area (Å²) in [6.07, 6.45) is 1.75.